The Morgan fingerprint density at radius 3 is 2.23 bits per heavy atom. The maximum absolute atomic E-state index is 12.3. The van der Waals surface area contributed by atoms with Crippen molar-refractivity contribution in [1.82, 2.24) is 4.98 Å². The summed E-state index contributed by atoms with van der Waals surface area (Å²) < 4.78 is 5.08. The maximum atomic E-state index is 12.3. The van der Waals surface area contributed by atoms with E-state index in [1.54, 1.807) is 13.3 Å². The summed E-state index contributed by atoms with van der Waals surface area (Å²) >= 11 is 0. The van der Waals surface area contributed by atoms with Crippen LogP contribution in [0.1, 0.15) is 12.0 Å². The molecule has 0 spiro atoms. The number of hydrazone groups is 1. The molecule has 0 unspecified atom stereocenters. The number of carbonyl (C=O) groups is 1. The maximum Gasteiger partial charge on any atom is 0.253 e. The lowest BCUT2D eigenvalue weighted by Gasteiger charge is -2.10. The first-order valence-electron chi connectivity index (χ1n) is 8.31. The number of anilines is 1. The average molecular weight is 343 g/mol. The predicted octanol–water partition coefficient (Wildman–Crippen LogP) is 3.90. The summed E-state index contributed by atoms with van der Waals surface area (Å²) in [5.41, 5.74) is 4.56. The summed E-state index contributed by atoms with van der Waals surface area (Å²) in [6, 6.07) is 21.3. The number of ether oxygens (including phenoxy) is 1. The van der Waals surface area contributed by atoms with Crippen molar-refractivity contribution >= 4 is 17.3 Å². The first kappa shape index (κ1) is 16.0. The molecule has 1 aliphatic rings. The van der Waals surface area contributed by atoms with Gasteiger partial charge in [-0.05, 0) is 29.3 Å². The summed E-state index contributed by atoms with van der Waals surface area (Å²) in [7, 11) is 1.60. The topological polar surface area (TPSA) is 54.8 Å². The molecule has 128 valence electrons. The number of amides is 1. The number of para-hydroxylation sites is 1. The number of rotatable bonds is 4. The van der Waals surface area contributed by atoms with Gasteiger partial charge in [0.1, 0.15) is 0 Å². The van der Waals surface area contributed by atoms with Gasteiger partial charge in [0.15, 0.2) is 0 Å². The first-order valence-corrected chi connectivity index (χ1v) is 8.31. The summed E-state index contributed by atoms with van der Waals surface area (Å²) in [4.78, 5) is 16.5. The fourth-order valence-corrected chi connectivity index (χ4v) is 2.89. The Morgan fingerprint density at radius 2 is 1.58 bits per heavy atom. The van der Waals surface area contributed by atoms with Crippen molar-refractivity contribution in [3.8, 4) is 17.0 Å². The monoisotopic (exact) mass is 343 g/mol. The molecule has 0 saturated heterocycles. The zero-order valence-electron chi connectivity index (χ0n) is 14.3. The smallest absolute Gasteiger partial charge is 0.253 e. The molecule has 5 heteroatoms. The van der Waals surface area contributed by atoms with Gasteiger partial charge < -0.3 is 4.74 Å². The Hall–Kier alpha value is -3.47. The number of methoxy groups -OCH3 is 1. The van der Waals surface area contributed by atoms with E-state index in [9.17, 15) is 4.79 Å². The third kappa shape index (κ3) is 3.07. The molecular formula is C21H17N3O2. The largest absolute Gasteiger partial charge is 0.481 e. The van der Waals surface area contributed by atoms with Gasteiger partial charge >= 0.3 is 0 Å². The van der Waals surface area contributed by atoms with Crippen LogP contribution >= 0.6 is 0 Å². The lowest BCUT2D eigenvalue weighted by molar-refractivity contribution is -0.116. The zero-order chi connectivity index (χ0) is 17.9. The normalized spacial score (nSPS) is 13.7. The molecule has 1 amide bonds. The van der Waals surface area contributed by atoms with Crippen LogP contribution in [0.4, 0.5) is 5.69 Å². The molecule has 5 nitrogen and oxygen atoms in total. The van der Waals surface area contributed by atoms with Gasteiger partial charge in [0, 0.05) is 17.8 Å². The summed E-state index contributed by atoms with van der Waals surface area (Å²) in [5.74, 6) is 0.569. The lowest BCUT2D eigenvalue weighted by atomic mass is 10.0. The molecule has 1 aromatic heterocycles. The predicted molar refractivity (Wildman–Crippen MR) is 101 cm³/mol. The Kier molecular flexibility index (Phi) is 4.19. The zero-order valence-corrected chi connectivity index (χ0v) is 14.3. The van der Waals surface area contributed by atoms with Gasteiger partial charge in [-0.1, -0.05) is 42.5 Å². The van der Waals surface area contributed by atoms with E-state index in [4.69, 9.17) is 4.74 Å². The summed E-state index contributed by atoms with van der Waals surface area (Å²) in [5, 5.41) is 5.98. The van der Waals surface area contributed by atoms with E-state index in [0.717, 1.165) is 28.1 Å². The van der Waals surface area contributed by atoms with Gasteiger partial charge in [-0.25, -0.2) is 9.99 Å². The van der Waals surface area contributed by atoms with Gasteiger partial charge in [-0.3, -0.25) is 4.79 Å². The minimum Gasteiger partial charge on any atom is -0.481 e. The third-order valence-corrected chi connectivity index (χ3v) is 4.27. The number of hydrogen-bond acceptors (Lipinski definition) is 4. The van der Waals surface area contributed by atoms with Crippen molar-refractivity contribution in [3.63, 3.8) is 0 Å². The van der Waals surface area contributed by atoms with E-state index in [-0.39, 0.29) is 5.91 Å². The third-order valence-electron chi connectivity index (χ3n) is 4.27. The molecule has 2 aromatic carbocycles. The molecule has 3 aromatic rings. The molecule has 1 aliphatic heterocycles. The molecule has 0 radical (unpaired) electrons. The van der Waals surface area contributed by atoms with Crippen LogP contribution in [0, 0.1) is 0 Å². The van der Waals surface area contributed by atoms with Gasteiger partial charge in [-0.2, -0.15) is 5.10 Å². The molecule has 0 atom stereocenters. The van der Waals surface area contributed by atoms with E-state index < -0.39 is 0 Å². The van der Waals surface area contributed by atoms with Gasteiger partial charge in [0.25, 0.3) is 5.91 Å². The van der Waals surface area contributed by atoms with Crippen molar-refractivity contribution in [1.29, 1.82) is 0 Å². The van der Waals surface area contributed by atoms with E-state index in [1.165, 1.54) is 5.01 Å². The van der Waals surface area contributed by atoms with Gasteiger partial charge in [-0.15, -0.1) is 0 Å². The van der Waals surface area contributed by atoms with Crippen LogP contribution < -0.4 is 9.75 Å². The lowest BCUT2D eigenvalue weighted by Crippen LogP contribution is -2.19. The van der Waals surface area contributed by atoms with Crippen molar-refractivity contribution in [3.05, 3.63) is 78.5 Å². The highest BCUT2D eigenvalue weighted by molar-refractivity contribution is 6.19. The van der Waals surface area contributed by atoms with E-state index in [0.29, 0.717) is 12.3 Å². The number of aromatic nitrogens is 1. The van der Waals surface area contributed by atoms with Crippen molar-refractivity contribution < 1.29 is 9.53 Å². The minimum absolute atomic E-state index is 0.0189. The molecule has 4 rings (SSSR count). The number of pyridine rings is 1. The molecular weight excluding hydrogens is 326 g/mol. The Labute approximate surface area is 151 Å². The quantitative estimate of drug-likeness (QED) is 0.722. The van der Waals surface area contributed by atoms with E-state index in [2.05, 4.69) is 10.1 Å². The molecule has 0 N–H and O–H groups in total. The second-order valence-electron chi connectivity index (χ2n) is 5.93. The van der Waals surface area contributed by atoms with Crippen LogP contribution in [0.15, 0.2) is 78.0 Å². The highest BCUT2D eigenvalue weighted by Gasteiger charge is 2.25. The first-order chi connectivity index (χ1) is 12.7. The van der Waals surface area contributed by atoms with Crippen molar-refractivity contribution in [2.45, 2.75) is 6.42 Å². The highest BCUT2D eigenvalue weighted by atomic mass is 16.5. The number of carbonyl (C=O) groups excluding carboxylic acids is 1. The van der Waals surface area contributed by atoms with Crippen LogP contribution in [0.3, 0.4) is 0 Å². The van der Waals surface area contributed by atoms with Gasteiger partial charge in [0.2, 0.25) is 5.88 Å². The average Bonchev–Trinajstić information content (AvgIpc) is 3.10. The van der Waals surface area contributed by atoms with E-state index >= 15 is 0 Å². The number of hydrogen-bond donors (Lipinski definition) is 0. The second kappa shape index (κ2) is 6.80. The fourth-order valence-electron chi connectivity index (χ4n) is 2.89. The molecule has 26 heavy (non-hydrogen) atoms. The van der Waals surface area contributed by atoms with Crippen molar-refractivity contribution in [2.75, 3.05) is 12.1 Å². The number of nitrogens with zero attached hydrogens (tertiary/aromatic N) is 3. The molecule has 2 heterocycles. The van der Waals surface area contributed by atoms with Crippen LogP contribution in [0.25, 0.3) is 11.1 Å². The Balaban J connectivity index is 1.58. The van der Waals surface area contributed by atoms with Crippen LogP contribution in [0.5, 0.6) is 5.88 Å². The summed E-state index contributed by atoms with van der Waals surface area (Å²) in [6.07, 6.45) is 2.08. The molecule has 0 aliphatic carbocycles. The standard InChI is InChI=1S/C21H17N3O2/c1-26-20-12-11-17(14-22-20)15-7-9-16(10-8-15)19-13-21(25)24(23-19)18-5-3-2-4-6-18/h2-12,14H,13H2,1H3. The minimum atomic E-state index is -0.0189. The second-order valence-corrected chi connectivity index (χ2v) is 5.93. The Morgan fingerprint density at radius 1 is 0.885 bits per heavy atom. The van der Waals surface area contributed by atoms with Crippen molar-refractivity contribution in [2.24, 2.45) is 5.10 Å². The van der Waals surface area contributed by atoms with Crippen LogP contribution in [-0.4, -0.2) is 23.7 Å². The summed E-state index contributed by atoms with van der Waals surface area (Å²) in [6.45, 7) is 0. The van der Waals surface area contributed by atoms with E-state index in [1.807, 2.05) is 66.7 Å². The molecule has 0 bridgehead atoms. The fraction of sp³-hybridized carbons (Fsp3) is 0.0952. The highest BCUT2D eigenvalue weighted by Crippen LogP contribution is 2.25. The number of benzene rings is 2. The molecule has 0 saturated carbocycles. The Bertz CT molecular complexity index is 949. The van der Waals surface area contributed by atoms with Crippen LogP contribution in [0.2, 0.25) is 0 Å². The SMILES string of the molecule is COc1ccc(-c2ccc(C3=NN(c4ccccc4)C(=O)C3)cc2)cn1. The van der Waals surface area contributed by atoms with Gasteiger partial charge in [0.05, 0.1) is 24.9 Å². The molecule has 0 fully saturated rings. The van der Waals surface area contributed by atoms with Crippen LogP contribution in [-0.2, 0) is 4.79 Å².